The molecule has 3 aromatic carbocycles. The lowest BCUT2D eigenvalue weighted by Gasteiger charge is -2.26. The molecular weight excluding hydrogens is 1320 g/mol. The van der Waals surface area contributed by atoms with Crippen molar-refractivity contribution in [1.82, 2.24) is 44.7 Å². The van der Waals surface area contributed by atoms with Crippen molar-refractivity contribution in [2.45, 2.75) is 159 Å². The van der Waals surface area contributed by atoms with Gasteiger partial charge in [0.05, 0.1) is 90.5 Å². The van der Waals surface area contributed by atoms with E-state index in [1.54, 1.807) is 93.5 Å². The van der Waals surface area contributed by atoms with E-state index in [9.17, 15) is 36.0 Å². The van der Waals surface area contributed by atoms with Crippen LogP contribution in [0, 0.1) is 31.6 Å². The number of thioether (sulfide) groups is 1. The monoisotopic (exact) mass is 1400 g/mol. The van der Waals surface area contributed by atoms with Crippen molar-refractivity contribution in [3.63, 3.8) is 0 Å². The summed E-state index contributed by atoms with van der Waals surface area (Å²) in [6.07, 6.45) is 28.6. The van der Waals surface area contributed by atoms with Crippen molar-refractivity contribution in [1.29, 1.82) is 0 Å². The number of carbonyl (C=O) groups is 4. The van der Waals surface area contributed by atoms with Gasteiger partial charge in [0.2, 0.25) is 5.82 Å². The van der Waals surface area contributed by atoms with Gasteiger partial charge in [-0.05, 0) is 162 Å². The van der Waals surface area contributed by atoms with E-state index in [4.69, 9.17) is 13.9 Å². The molecule has 2 saturated heterocycles. The number of nitrogens with one attached hydrogen (secondary N) is 1. The number of thiazole rings is 1. The highest BCUT2D eigenvalue weighted by Gasteiger charge is 2.62. The Kier molecular flexibility index (Phi) is 22.4. The fraction of sp³-hybridized carbons (Fsp3) is 0.466. The Labute approximate surface area is 581 Å². The van der Waals surface area contributed by atoms with E-state index in [0.29, 0.717) is 79.3 Å². The number of anilines is 1. The minimum absolute atomic E-state index is 0.0546. The van der Waals surface area contributed by atoms with E-state index < -0.39 is 31.0 Å². The largest absolute Gasteiger partial charge is 0.461 e. The van der Waals surface area contributed by atoms with Crippen LogP contribution in [0.15, 0.2) is 135 Å². The summed E-state index contributed by atoms with van der Waals surface area (Å²) < 4.78 is 68.7. The molecule has 8 aromatic rings. The maximum absolute atomic E-state index is 14.0. The SMILES string of the molecule is Cc1cnc(NC(=O)c2cc(Oc3cnc(C(=O)N(C)C)nc3)c3cc(C)oc3c2)cn1.O=C(Cc1cnccn1)[C@H](CC1CCOCC1)c1ccc(S(=O)(=O)C2CC2)cc1.O=C(Cc1ncc(SCCN2CCCC2)s1)[C@]1(c2ccc(S(=O)(=O)C3CC3)cc2)C[C@H]1C1CCCCC1. The summed E-state index contributed by atoms with van der Waals surface area (Å²) in [7, 11) is -3.21. The number of Topliss-reactive ketones (excluding diaryl/α,β-unsaturated/α-hetero) is 2. The van der Waals surface area contributed by atoms with Crippen LogP contribution in [0.5, 0.6) is 11.5 Å². The molecule has 6 fully saturated rings. The second-order valence-corrected chi connectivity index (χ2v) is 33.8. The van der Waals surface area contributed by atoms with Crippen molar-refractivity contribution >= 4 is 82.9 Å². The number of hydrogen-bond donors (Lipinski definition) is 1. The van der Waals surface area contributed by atoms with Crippen LogP contribution in [0.25, 0.3) is 11.0 Å². The Morgan fingerprint density at radius 2 is 1.42 bits per heavy atom. The third kappa shape index (κ3) is 17.3. The Hall–Kier alpha value is -7.68. The first kappa shape index (κ1) is 70.2. The number of fused-ring (bicyclic) bond motifs is 1. The van der Waals surface area contributed by atoms with Crippen LogP contribution in [-0.2, 0) is 52.3 Å². The highest BCUT2D eigenvalue weighted by atomic mass is 32.2. The number of rotatable bonds is 24. The molecule has 5 aromatic heterocycles. The molecule has 0 radical (unpaired) electrons. The zero-order valence-corrected chi connectivity index (χ0v) is 59.1. The lowest BCUT2D eigenvalue weighted by molar-refractivity contribution is -0.121. The number of sulfone groups is 2. The van der Waals surface area contributed by atoms with Crippen molar-refractivity contribution < 1.29 is 49.9 Å². The van der Waals surface area contributed by atoms with Gasteiger partial charge in [-0.25, -0.2) is 36.8 Å². The van der Waals surface area contributed by atoms with Crippen molar-refractivity contribution in [2.75, 3.05) is 58.0 Å². The van der Waals surface area contributed by atoms with E-state index >= 15 is 0 Å². The average molecular weight is 1410 g/mol. The number of ether oxygens (including phenoxy) is 2. The summed E-state index contributed by atoms with van der Waals surface area (Å²) in [5.74, 6) is 3.57. The number of hydrogen-bond acceptors (Lipinski definition) is 21. The molecule has 7 heterocycles. The fourth-order valence-corrected chi connectivity index (χ4v) is 19.0. The van der Waals surface area contributed by atoms with Crippen molar-refractivity contribution in [3.05, 3.63) is 161 Å². The van der Waals surface area contributed by atoms with Gasteiger partial charge in [0.25, 0.3) is 11.8 Å². The molecule has 6 aliphatic rings. The molecule has 2 aliphatic heterocycles. The van der Waals surface area contributed by atoms with Gasteiger partial charge in [0.15, 0.2) is 31.2 Å². The number of aryl methyl sites for hydroxylation is 2. The molecule has 0 bridgehead atoms. The van der Waals surface area contributed by atoms with Crippen LogP contribution in [0.2, 0.25) is 0 Å². The van der Waals surface area contributed by atoms with Gasteiger partial charge in [-0.1, -0.05) is 56.4 Å². The molecule has 3 atom stereocenters. The maximum Gasteiger partial charge on any atom is 0.291 e. The quantitative estimate of drug-likeness (QED) is 0.0550. The summed E-state index contributed by atoms with van der Waals surface area (Å²) in [5, 5.41) is 3.85. The van der Waals surface area contributed by atoms with Gasteiger partial charge in [-0.3, -0.25) is 34.1 Å². The van der Waals surface area contributed by atoms with Crippen molar-refractivity contribution in [2.24, 2.45) is 17.8 Å². The number of aromatic nitrogens is 7. The minimum atomic E-state index is -3.22. The molecule has 2 amide bonds. The third-order valence-electron chi connectivity index (χ3n) is 19.4. The number of nitrogens with zero attached hydrogens (tertiary/aromatic N) is 9. The van der Waals surface area contributed by atoms with E-state index in [-0.39, 0.29) is 46.1 Å². The predicted octanol–water partition coefficient (Wildman–Crippen LogP) is 12.4. The molecule has 0 unspecified atom stereocenters. The van der Waals surface area contributed by atoms with Gasteiger partial charge >= 0.3 is 0 Å². The molecule has 1 N–H and O–H groups in total. The summed E-state index contributed by atoms with van der Waals surface area (Å²) >= 11 is 3.52. The maximum atomic E-state index is 14.0. The second-order valence-electron chi connectivity index (χ2n) is 26.8. The van der Waals surface area contributed by atoms with E-state index in [1.165, 1.54) is 85.7 Å². The highest BCUT2D eigenvalue weighted by molar-refractivity contribution is 8.01. The molecule has 98 heavy (non-hydrogen) atoms. The fourth-order valence-electron chi connectivity index (χ4n) is 13.6. The average Bonchev–Trinajstić information content (AvgIpc) is 1.55. The van der Waals surface area contributed by atoms with Gasteiger partial charge in [0.1, 0.15) is 33.7 Å². The topological polar surface area (TPSA) is 277 Å². The summed E-state index contributed by atoms with van der Waals surface area (Å²) in [6.45, 7) is 8.64. The van der Waals surface area contributed by atoms with Crippen LogP contribution in [0.1, 0.15) is 156 Å². The summed E-state index contributed by atoms with van der Waals surface area (Å²) in [4.78, 5) is 85.9. The van der Waals surface area contributed by atoms with Crippen molar-refractivity contribution in [3.8, 4) is 11.5 Å². The first-order valence-electron chi connectivity index (χ1n) is 34.0. The number of amides is 2. The molecule has 21 nitrogen and oxygen atoms in total. The van der Waals surface area contributed by atoms with Crippen LogP contribution in [0.4, 0.5) is 5.82 Å². The van der Waals surface area contributed by atoms with Gasteiger partial charge in [0, 0.05) is 69.7 Å². The van der Waals surface area contributed by atoms with Crippen LogP contribution >= 0.6 is 23.1 Å². The predicted molar refractivity (Wildman–Crippen MR) is 374 cm³/mol. The first-order valence-corrected chi connectivity index (χ1v) is 38.9. The Morgan fingerprint density at radius 3 is 2.05 bits per heavy atom. The number of carbonyl (C=O) groups excluding carboxylic acids is 4. The first-order chi connectivity index (χ1) is 47.3. The van der Waals surface area contributed by atoms with Crippen LogP contribution in [0.3, 0.4) is 0 Å². The van der Waals surface area contributed by atoms with Crippen LogP contribution < -0.4 is 10.1 Å². The molecule has 516 valence electrons. The normalized spacial score (nSPS) is 19.3. The standard InChI is InChI=1S/C29H38N2O3S3.C22H20N6O4.C22H26N2O4S/c32-26(18-27-30-20-28(36-27)35-17-16-31-14-4-5-15-31)29(19-25(29)21-6-2-1-3-7-21)22-8-10-23(11-9-22)37(33,34)24-12-13-24;1-12-8-24-19(11-23-12)27-21(29)14-6-17-16(5-13(2)31-17)18(7-14)32-15-9-25-20(26-10-15)22(30)28(3)4;25-22(14-18-15-23-9-10-24-18)21(13-16-7-11-28-12-8-16)17-1-3-19(4-2-17)29(26,27)20-5-6-20/h8-11,20-21,24-25H,1-7,12-19H2;5-11H,1-4H3,(H,24,27,29);1-4,9-10,15-16,20-21H,5-8,11-14H2/t25-,29-;;21-/m0.1/s1. The van der Waals surface area contributed by atoms with E-state index in [2.05, 4.69) is 45.1 Å². The summed E-state index contributed by atoms with van der Waals surface area (Å²) in [5.41, 5.74) is 3.61. The number of likely N-dealkylation sites (tertiary alicyclic amines) is 1. The Balaban J connectivity index is 0.000000141. The minimum Gasteiger partial charge on any atom is -0.461 e. The van der Waals surface area contributed by atoms with Crippen LogP contribution in [-0.4, -0.2) is 148 Å². The summed E-state index contributed by atoms with van der Waals surface area (Å²) in [6, 6.07) is 19.4. The van der Waals surface area contributed by atoms with Gasteiger partial charge in [-0.2, -0.15) is 0 Å². The zero-order valence-electron chi connectivity index (χ0n) is 55.8. The van der Waals surface area contributed by atoms with Gasteiger partial charge < -0.3 is 29.0 Å². The molecule has 25 heteroatoms. The third-order valence-corrected chi connectivity index (χ3v) is 26.1. The Morgan fingerprint density at radius 1 is 0.735 bits per heavy atom. The number of ketones is 2. The molecule has 4 aliphatic carbocycles. The number of furan rings is 1. The van der Waals surface area contributed by atoms with E-state index in [1.807, 2.05) is 55.2 Å². The van der Waals surface area contributed by atoms with Gasteiger partial charge in [-0.15, -0.1) is 23.1 Å². The smallest absolute Gasteiger partial charge is 0.291 e. The highest BCUT2D eigenvalue weighted by Crippen LogP contribution is 2.61. The molecule has 0 spiro atoms. The second kappa shape index (κ2) is 31.2. The number of benzene rings is 3. The lowest BCUT2D eigenvalue weighted by atomic mass is 9.78. The molecule has 14 rings (SSSR count). The zero-order chi connectivity index (χ0) is 68.6. The molecular formula is C73H84N10O11S4. The van der Waals surface area contributed by atoms with E-state index in [0.717, 1.165) is 98.7 Å². The lowest BCUT2D eigenvalue weighted by Crippen LogP contribution is -2.28. The Bertz CT molecular complexity index is 4320. The molecule has 4 saturated carbocycles.